The largest absolute Gasteiger partial charge is 0.480 e. The summed E-state index contributed by atoms with van der Waals surface area (Å²) >= 11 is 0. The highest BCUT2D eigenvalue weighted by Gasteiger charge is 2.39. The molecule has 4 aliphatic rings. The van der Waals surface area contributed by atoms with Crippen LogP contribution in [0.3, 0.4) is 0 Å². The molecule has 0 unspecified atom stereocenters. The minimum absolute atomic E-state index is 0. The summed E-state index contributed by atoms with van der Waals surface area (Å²) in [5.41, 5.74) is 10.3. The van der Waals surface area contributed by atoms with Gasteiger partial charge in [0.25, 0.3) is 11.1 Å². The predicted molar refractivity (Wildman–Crippen MR) is 498 cm³/mol. The summed E-state index contributed by atoms with van der Waals surface area (Å²) in [6.45, 7) is 10.3. The van der Waals surface area contributed by atoms with E-state index in [1.54, 1.807) is 40.8 Å². The second kappa shape index (κ2) is 43.5. The maximum atomic E-state index is 13.6. The Morgan fingerprint density at radius 1 is 0.446 bits per heavy atom. The summed E-state index contributed by atoms with van der Waals surface area (Å²) in [4.78, 5) is 136. The zero-order valence-electron chi connectivity index (χ0n) is 67.8. The van der Waals surface area contributed by atoms with E-state index < -0.39 is 42.4 Å². The number of amides is 5. The van der Waals surface area contributed by atoms with Gasteiger partial charge in [0.2, 0.25) is 5.91 Å². The normalized spacial score (nSPS) is 16.2. The smallest absolute Gasteiger partial charge is 0.410 e. The van der Waals surface area contributed by atoms with Crippen molar-refractivity contribution in [3.05, 3.63) is 237 Å². The lowest BCUT2D eigenvalue weighted by molar-refractivity contribution is -0.140. The summed E-state index contributed by atoms with van der Waals surface area (Å²) in [6.07, 6.45) is 8.40. The number of alkyl carbamates (subject to hydrolysis) is 2. The van der Waals surface area contributed by atoms with Gasteiger partial charge in [-0.15, -0.1) is 0 Å². The molecule has 0 spiro atoms. The molecule has 12 aromatic rings. The number of methoxy groups -OCH3 is 2. The molecule has 8 heterocycles. The van der Waals surface area contributed by atoms with Crippen LogP contribution in [0.1, 0.15) is 138 Å². The van der Waals surface area contributed by atoms with Crippen molar-refractivity contribution in [3.8, 4) is 44.8 Å². The summed E-state index contributed by atoms with van der Waals surface area (Å²) in [5, 5.41) is 22.3. The van der Waals surface area contributed by atoms with Crippen LogP contribution in [-0.4, -0.2) is 148 Å². The Hall–Kier alpha value is -10.9. The van der Waals surface area contributed by atoms with Crippen LogP contribution in [0.2, 0.25) is 0 Å². The van der Waals surface area contributed by atoms with E-state index in [0.717, 1.165) is 122 Å². The Labute approximate surface area is 741 Å². The van der Waals surface area contributed by atoms with Gasteiger partial charge in [-0.2, -0.15) is 81.0 Å². The maximum absolute atomic E-state index is 13.6. The number of hydrogen-bond acceptors (Lipinski definition) is 17. The van der Waals surface area contributed by atoms with E-state index in [4.69, 9.17) is 34.3 Å². The van der Waals surface area contributed by atoms with Gasteiger partial charge in [0.1, 0.15) is 48.6 Å². The second-order valence-corrected chi connectivity index (χ2v) is 30.0. The van der Waals surface area contributed by atoms with Gasteiger partial charge < -0.3 is 64.8 Å². The summed E-state index contributed by atoms with van der Waals surface area (Å²) in [5.74, 6) is 1.16. The first-order chi connectivity index (χ1) is 55.7. The SMILES string of the molecule is COC(=O)N[C@H](C(=O)N1CCC[C@H]1c1ncc(-c2ccc3cc(-c4ccc5c(=O)[nH]c([C@@H]6CCCN6C(=O)OCc6ccccc6)nc5c4)ccc3c2)[nH]1)C(C)C.COC(=O)N[C@H](C(=O)O)C(C)C.O=C(OCc1ccccc1)N1CCC[C@H]1c1nc2cc(-c3ccc4cc(-c5cnc([C@@H]6CCCN6)[nH]5)ccc4c3)ccc2c(=O)[nH]1.S.S.S.S.S.S. The molecule has 4 aliphatic heterocycles. The standard InChI is InChI=1S/C44H45N7O6.C37H34N6O3.C7H13NO4.6H2S/c1-26(2)38(48-43(54)56-3)42(53)50-19-7-11-36(50)39-45-24-35(47-39)32-16-15-28-21-29(13-14-30(28)22-32)31-17-18-33-34(23-31)46-40(49-41(33)52)37-12-8-20-51(37)44(55)57-25-27-9-5-4-6-10-27;44-36-29-15-14-27(20-31(29)40-35(42-36)33-9-5-17-43(33)37(45)46-22-23-6-2-1-3-7-23)25-10-11-26-19-28(13-12-24(26)18-25)32-21-39-34(41-32)30-8-4-16-38-30;1-4(2)5(6(9)10)8-7(11)12-3;;;;;;/h4-6,9-10,13-18,21-24,26,36-38H,7-8,11-12,19-20,25H2,1-3H3,(H,45,47)(H,48,54)(H,46,49,52);1-3,6-7,10-15,18-21,30,33,38H,4-5,8-9,16-17,22H2,(H,39,41)(H,40,42,44);4-5H,1-3H3,(H,8,11)(H,9,10);6*1H2/t36-,37-,38-;30-,33-;5-;;;;;;/m000....../s1. The van der Waals surface area contributed by atoms with Crippen LogP contribution in [0, 0.1) is 11.8 Å². The molecule has 4 fully saturated rings. The number of fused-ring (bicyclic) bond motifs is 4. The molecule has 0 bridgehead atoms. The molecule has 640 valence electrons. The van der Waals surface area contributed by atoms with Crippen LogP contribution < -0.4 is 27.1 Å². The number of carboxylic acids is 1. The minimum Gasteiger partial charge on any atom is -0.480 e. The molecule has 0 radical (unpaired) electrons. The highest BCUT2D eigenvalue weighted by Crippen LogP contribution is 2.38. The highest BCUT2D eigenvalue weighted by molar-refractivity contribution is 7.60. The molecule has 4 aromatic heterocycles. The van der Waals surface area contributed by atoms with Crippen molar-refractivity contribution in [2.24, 2.45) is 11.8 Å². The number of likely N-dealkylation sites (tertiary alicyclic amines) is 3. The van der Waals surface area contributed by atoms with Crippen LogP contribution in [0.15, 0.2) is 192 Å². The molecule has 121 heavy (non-hydrogen) atoms. The van der Waals surface area contributed by atoms with Crippen molar-refractivity contribution in [1.29, 1.82) is 0 Å². The molecule has 8 N–H and O–H groups in total. The topological polar surface area (TPSA) is 354 Å². The Morgan fingerprint density at radius 2 is 0.826 bits per heavy atom. The van der Waals surface area contributed by atoms with E-state index in [0.29, 0.717) is 77.8 Å². The molecule has 16 rings (SSSR count). The highest BCUT2D eigenvalue weighted by atomic mass is 32.1. The fourth-order valence-electron chi connectivity index (χ4n) is 15.4. The van der Waals surface area contributed by atoms with Crippen molar-refractivity contribution in [2.45, 2.75) is 129 Å². The molecule has 0 aliphatic carbocycles. The number of aromatic nitrogens is 8. The molecule has 4 saturated heterocycles. The molecule has 8 aromatic carbocycles. The van der Waals surface area contributed by atoms with E-state index in [-0.39, 0.29) is 141 Å². The molecule has 5 amide bonds. The number of nitrogens with one attached hydrogen (secondary N) is 7. The number of H-pyrrole nitrogens is 4. The van der Waals surface area contributed by atoms with Gasteiger partial charge in [-0.25, -0.2) is 43.9 Å². The third-order valence-corrected chi connectivity index (χ3v) is 21.7. The van der Waals surface area contributed by atoms with Crippen LogP contribution in [0.5, 0.6) is 0 Å². The van der Waals surface area contributed by atoms with Crippen molar-refractivity contribution in [3.63, 3.8) is 0 Å². The lowest BCUT2D eigenvalue weighted by Crippen LogP contribution is -2.51. The third kappa shape index (κ3) is 22.4. The fourth-order valence-corrected chi connectivity index (χ4v) is 15.4. The number of aliphatic carboxylic acids is 1. The summed E-state index contributed by atoms with van der Waals surface area (Å²) < 4.78 is 20.3. The van der Waals surface area contributed by atoms with Crippen LogP contribution in [-0.2, 0) is 41.8 Å². The lowest BCUT2D eigenvalue weighted by atomic mass is 9.98. The number of hydrogen-bond donors (Lipinski definition) is 8. The number of rotatable bonds is 18. The van der Waals surface area contributed by atoms with Gasteiger partial charge in [-0.05, 0) is 173 Å². The average Bonchev–Trinajstić information content (AvgIpc) is 1.76. The number of carboxylic acid groups (broad SMARTS) is 1. The zero-order chi connectivity index (χ0) is 80.4. The van der Waals surface area contributed by atoms with E-state index in [1.165, 1.54) is 20.6 Å². The maximum Gasteiger partial charge on any atom is 0.410 e. The van der Waals surface area contributed by atoms with E-state index >= 15 is 0 Å². The first-order valence-corrected chi connectivity index (χ1v) is 38.9. The third-order valence-electron chi connectivity index (χ3n) is 21.7. The minimum atomic E-state index is -1.06. The van der Waals surface area contributed by atoms with Crippen LogP contribution >= 0.6 is 81.0 Å². The van der Waals surface area contributed by atoms with Crippen LogP contribution in [0.25, 0.3) is 88.1 Å². The van der Waals surface area contributed by atoms with E-state index in [1.807, 2.05) is 117 Å². The number of imidazole rings is 2. The van der Waals surface area contributed by atoms with Crippen molar-refractivity contribution in [1.82, 2.24) is 70.5 Å². The average molecular weight is 1760 g/mol. The van der Waals surface area contributed by atoms with Crippen molar-refractivity contribution < 1.29 is 52.8 Å². The van der Waals surface area contributed by atoms with E-state index in [9.17, 15) is 38.4 Å². The number of benzene rings is 8. The van der Waals surface area contributed by atoms with E-state index in [2.05, 4.69) is 112 Å². The molecule has 33 heteroatoms. The van der Waals surface area contributed by atoms with Crippen molar-refractivity contribution in [2.75, 3.05) is 40.4 Å². The Bertz CT molecular complexity index is 5720. The fraction of sp³-hybridized carbons (Fsp3) is 0.318. The molecule has 27 nitrogen and oxygen atoms in total. The lowest BCUT2D eigenvalue weighted by Gasteiger charge is -2.30. The molecule has 0 saturated carbocycles. The summed E-state index contributed by atoms with van der Waals surface area (Å²) in [7, 11) is 2.48. The van der Waals surface area contributed by atoms with Crippen molar-refractivity contribution >= 4 is 161 Å². The molecular weight excluding hydrogens is 1650 g/mol. The Morgan fingerprint density at radius 3 is 1.24 bits per heavy atom. The first-order valence-electron chi connectivity index (χ1n) is 38.9. The van der Waals surface area contributed by atoms with Gasteiger partial charge in [0.05, 0.1) is 84.0 Å². The Kier molecular flexibility index (Phi) is 34.4. The second-order valence-electron chi connectivity index (χ2n) is 30.0. The predicted octanol–water partition coefficient (Wildman–Crippen LogP) is 15.8. The van der Waals surface area contributed by atoms with Gasteiger partial charge in [0.15, 0.2) is 0 Å². The number of nitrogens with zero attached hydrogens (tertiary/aromatic N) is 7. The van der Waals surface area contributed by atoms with Gasteiger partial charge in [-0.3, -0.25) is 24.2 Å². The van der Waals surface area contributed by atoms with Gasteiger partial charge >= 0.3 is 30.3 Å². The Balaban J connectivity index is 0.000000257. The molecular formula is C88H104N14O13S6. The van der Waals surface area contributed by atoms with Crippen LogP contribution in [0.4, 0.5) is 19.2 Å². The van der Waals surface area contributed by atoms with Gasteiger partial charge in [0, 0.05) is 30.8 Å². The first kappa shape index (κ1) is 95.5. The quantitative estimate of drug-likeness (QED) is 0.0370. The number of aromatic amines is 4. The number of carbonyl (C=O) groups is 6. The monoisotopic (exact) mass is 1760 g/mol. The van der Waals surface area contributed by atoms with Gasteiger partial charge in [-0.1, -0.05) is 149 Å². The molecule has 6 atom stereocenters. The number of carbonyl (C=O) groups excluding carboxylic acids is 5. The summed E-state index contributed by atoms with van der Waals surface area (Å²) in [6, 6.07) is 53.6. The zero-order valence-corrected chi connectivity index (χ0v) is 73.8. The number of ether oxygens (including phenoxy) is 4.